The van der Waals surface area contributed by atoms with Crippen molar-refractivity contribution in [1.29, 1.82) is 0 Å². The molecule has 1 N–H and O–H groups in total. The van der Waals surface area contributed by atoms with E-state index in [2.05, 4.69) is 30.3 Å². The molecule has 3 heterocycles. The monoisotopic (exact) mass is 439 g/mol. The lowest BCUT2D eigenvalue weighted by atomic mass is 10.1. The molecule has 2 fully saturated rings. The Morgan fingerprint density at radius 3 is 2.09 bits per heavy atom. The molecule has 0 saturated carbocycles. The number of aromatic nitrogens is 3. The Bertz CT molecular complexity index is 873. The predicted octanol–water partition coefficient (Wildman–Crippen LogP) is 3.71. The van der Waals surface area contributed by atoms with Gasteiger partial charge in [-0.1, -0.05) is 0 Å². The minimum Gasteiger partial charge on any atom is -0.493 e. The van der Waals surface area contributed by atoms with Gasteiger partial charge in [0.1, 0.15) is 0 Å². The quantitative estimate of drug-likeness (QED) is 0.492. The molecule has 0 unspecified atom stereocenters. The van der Waals surface area contributed by atoms with Gasteiger partial charge in [-0.25, -0.2) is 5.43 Å². The van der Waals surface area contributed by atoms with E-state index in [1.807, 2.05) is 25.1 Å². The highest BCUT2D eigenvalue weighted by molar-refractivity contribution is 5.81. The number of rotatable bonds is 8. The minimum absolute atomic E-state index is 0.468. The Kier molecular flexibility index (Phi) is 7.58. The lowest BCUT2D eigenvalue weighted by Gasteiger charge is -2.30. The zero-order valence-corrected chi connectivity index (χ0v) is 19.1. The van der Waals surface area contributed by atoms with Crippen LogP contribution in [0, 0.1) is 0 Å². The van der Waals surface area contributed by atoms with Gasteiger partial charge in [0.25, 0.3) is 0 Å². The van der Waals surface area contributed by atoms with Crippen LogP contribution in [0.15, 0.2) is 23.3 Å². The van der Waals surface area contributed by atoms with Crippen molar-refractivity contribution < 1.29 is 9.47 Å². The first-order valence-corrected chi connectivity index (χ1v) is 11.6. The third-order valence-electron chi connectivity index (χ3n) is 5.76. The molecule has 0 aliphatic carbocycles. The fraction of sp³-hybridized carbons (Fsp3) is 0.565. The first kappa shape index (κ1) is 22.1. The Morgan fingerprint density at radius 2 is 1.53 bits per heavy atom. The predicted molar refractivity (Wildman–Crippen MR) is 127 cm³/mol. The molecule has 0 atom stereocenters. The van der Waals surface area contributed by atoms with E-state index in [1.54, 1.807) is 13.3 Å². The maximum atomic E-state index is 5.58. The van der Waals surface area contributed by atoms with Crippen LogP contribution < -0.4 is 24.7 Å². The normalized spacial score (nSPS) is 16.9. The summed E-state index contributed by atoms with van der Waals surface area (Å²) in [5.41, 5.74) is 3.90. The summed E-state index contributed by atoms with van der Waals surface area (Å²) in [6.45, 7) is 6.47. The van der Waals surface area contributed by atoms with Crippen molar-refractivity contribution in [3.63, 3.8) is 0 Å². The first-order valence-electron chi connectivity index (χ1n) is 11.6. The van der Waals surface area contributed by atoms with E-state index in [-0.39, 0.29) is 0 Å². The summed E-state index contributed by atoms with van der Waals surface area (Å²) in [7, 11) is 1.63. The number of hydrazone groups is 1. The topological polar surface area (TPSA) is 88.0 Å². The van der Waals surface area contributed by atoms with Gasteiger partial charge in [0.05, 0.1) is 19.9 Å². The summed E-state index contributed by atoms with van der Waals surface area (Å²) in [4.78, 5) is 18.6. The molecule has 32 heavy (non-hydrogen) atoms. The Hall–Kier alpha value is -3.10. The molecule has 2 aliphatic heterocycles. The molecule has 9 heteroatoms. The van der Waals surface area contributed by atoms with Crippen LogP contribution in [-0.2, 0) is 0 Å². The number of methoxy groups -OCH3 is 1. The number of hydrogen-bond acceptors (Lipinski definition) is 9. The Balaban J connectivity index is 1.52. The van der Waals surface area contributed by atoms with Gasteiger partial charge in [-0.05, 0) is 69.2 Å². The largest absolute Gasteiger partial charge is 0.493 e. The second kappa shape index (κ2) is 11.0. The van der Waals surface area contributed by atoms with E-state index in [1.165, 1.54) is 38.5 Å². The molecule has 4 rings (SSSR count). The first-order chi connectivity index (χ1) is 15.8. The van der Waals surface area contributed by atoms with Crippen LogP contribution in [-0.4, -0.2) is 61.1 Å². The zero-order valence-electron chi connectivity index (χ0n) is 19.1. The van der Waals surface area contributed by atoms with Crippen molar-refractivity contribution in [2.24, 2.45) is 5.10 Å². The van der Waals surface area contributed by atoms with Gasteiger partial charge in [0.2, 0.25) is 17.8 Å². The van der Waals surface area contributed by atoms with Crippen molar-refractivity contribution in [3.8, 4) is 11.5 Å². The molecule has 2 saturated heterocycles. The van der Waals surface area contributed by atoms with E-state index in [9.17, 15) is 0 Å². The number of anilines is 3. The molecule has 0 bridgehead atoms. The molecule has 9 nitrogen and oxygen atoms in total. The Labute approximate surface area is 189 Å². The summed E-state index contributed by atoms with van der Waals surface area (Å²) in [5, 5.41) is 4.37. The van der Waals surface area contributed by atoms with Crippen LogP contribution in [0.2, 0.25) is 0 Å². The second-order valence-electron chi connectivity index (χ2n) is 8.07. The number of nitrogens with zero attached hydrogens (tertiary/aromatic N) is 6. The van der Waals surface area contributed by atoms with Crippen molar-refractivity contribution in [2.45, 2.75) is 45.4 Å². The van der Waals surface area contributed by atoms with Gasteiger partial charge >= 0.3 is 0 Å². The van der Waals surface area contributed by atoms with Gasteiger partial charge in [-0.2, -0.15) is 20.1 Å². The highest BCUT2D eigenvalue weighted by Gasteiger charge is 2.20. The summed E-state index contributed by atoms with van der Waals surface area (Å²) in [5.74, 6) is 3.34. The average Bonchev–Trinajstić information content (AvgIpc) is 2.86. The van der Waals surface area contributed by atoms with E-state index in [0.717, 1.165) is 49.4 Å². The summed E-state index contributed by atoms with van der Waals surface area (Å²) >= 11 is 0. The molecule has 0 radical (unpaired) electrons. The lowest BCUT2D eigenvalue weighted by molar-refractivity contribution is 0.311. The molecule has 0 spiro atoms. The fourth-order valence-electron chi connectivity index (χ4n) is 4.08. The number of piperidine rings is 2. The van der Waals surface area contributed by atoms with Crippen LogP contribution >= 0.6 is 0 Å². The van der Waals surface area contributed by atoms with Crippen molar-refractivity contribution in [1.82, 2.24) is 15.0 Å². The third-order valence-corrected chi connectivity index (χ3v) is 5.76. The van der Waals surface area contributed by atoms with E-state index < -0.39 is 0 Å². The molecular weight excluding hydrogens is 406 g/mol. The van der Waals surface area contributed by atoms with Crippen LogP contribution in [0.5, 0.6) is 11.5 Å². The highest BCUT2D eigenvalue weighted by atomic mass is 16.5. The van der Waals surface area contributed by atoms with Crippen LogP contribution in [0.1, 0.15) is 51.0 Å². The maximum absolute atomic E-state index is 5.58. The molecule has 172 valence electrons. The van der Waals surface area contributed by atoms with Gasteiger partial charge < -0.3 is 19.3 Å². The summed E-state index contributed by atoms with van der Waals surface area (Å²) < 4.78 is 11.0. The van der Waals surface area contributed by atoms with Gasteiger partial charge in [-0.15, -0.1) is 0 Å². The number of benzene rings is 1. The van der Waals surface area contributed by atoms with E-state index in [0.29, 0.717) is 18.3 Å². The van der Waals surface area contributed by atoms with E-state index >= 15 is 0 Å². The van der Waals surface area contributed by atoms with Crippen LogP contribution in [0.3, 0.4) is 0 Å². The fourth-order valence-corrected chi connectivity index (χ4v) is 4.08. The van der Waals surface area contributed by atoms with Crippen LogP contribution in [0.4, 0.5) is 17.8 Å². The minimum atomic E-state index is 0.468. The van der Waals surface area contributed by atoms with Crippen molar-refractivity contribution in [3.05, 3.63) is 23.8 Å². The molecule has 2 aliphatic rings. The lowest BCUT2D eigenvalue weighted by Crippen LogP contribution is -2.34. The maximum Gasteiger partial charge on any atom is 0.250 e. The zero-order chi connectivity index (χ0) is 22.2. The molecule has 1 aromatic carbocycles. The van der Waals surface area contributed by atoms with E-state index in [4.69, 9.17) is 14.5 Å². The van der Waals surface area contributed by atoms with Gasteiger partial charge in [0.15, 0.2) is 11.5 Å². The van der Waals surface area contributed by atoms with Crippen LogP contribution in [0.25, 0.3) is 0 Å². The van der Waals surface area contributed by atoms with Crippen molar-refractivity contribution in [2.75, 3.05) is 55.1 Å². The standard InChI is InChI=1S/C23H33N7O2/c1-3-32-19-11-10-18(16-20(19)31-2)17-24-28-21-25-22(29-12-6-4-7-13-29)27-23(26-21)30-14-8-5-9-15-30/h10-11,16-17H,3-9,12-15H2,1-2H3,(H,25,26,27,28)/b24-17-. The highest BCUT2D eigenvalue weighted by Crippen LogP contribution is 2.27. The second-order valence-corrected chi connectivity index (χ2v) is 8.07. The third kappa shape index (κ3) is 5.57. The number of nitrogens with one attached hydrogen (secondary N) is 1. The number of ether oxygens (including phenoxy) is 2. The molecule has 0 amide bonds. The molecular formula is C23H33N7O2. The summed E-state index contributed by atoms with van der Waals surface area (Å²) in [6, 6.07) is 5.71. The van der Waals surface area contributed by atoms with Crippen molar-refractivity contribution >= 4 is 24.1 Å². The Morgan fingerprint density at radius 1 is 0.906 bits per heavy atom. The molecule has 2 aromatic rings. The smallest absolute Gasteiger partial charge is 0.250 e. The van der Waals surface area contributed by atoms with Gasteiger partial charge in [0, 0.05) is 26.2 Å². The number of hydrogen-bond donors (Lipinski definition) is 1. The molecule has 1 aromatic heterocycles. The van der Waals surface area contributed by atoms with Gasteiger partial charge in [-0.3, -0.25) is 0 Å². The SMILES string of the molecule is CCOc1ccc(/C=N\Nc2nc(N3CCCCC3)nc(N3CCCCC3)n2)cc1OC. The summed E-state index contributed by atoms with van der Waals surface area (Å²) in [6.07, 6.45) is 8.94. The average molecular weight is 440 g/mol.